The van der Waals surface area contributed by atoms with Crippen LogP contribution in [-0.4, -0.2) is 63.7 Å². The van der Waals surface area contributed by atoms with Crippen LogP contribution in [0, 0.1) is 5.41 Å². The van der Waals surface area contributed by atoms with Crippen molar-refractivity contribution in [3.63, 3.8) is 0 Å². The number of ether oxygens (including phenoxy) is 1. The molecule has 1 amide bonds. The van der Waals surface area contributed by atoms with Crippen LogP contribution >= 0.6 is 0 Å². The maximum atomic E-state index is 12.2. The summed E-state index contributed by atoms with van der Waals surface area (Å²) in [5.74, 6) is 0.911. The van der Waals surface area contributed by atoms with Gasteiger partial charge in [0, 0.05) is 52.5 Å². The molecule has 1 fully saturated rings. The van der Waals surface area contributed by atoms with Gasteiger partial charge in [-0.15, -0.1) is 0 Å². The highest BCUT2D eigenvalue weighted by molar-refractivity contribution is 5.94. The number of rotatable bonds is 11. The van der Waals surface area contributed by atoms with E-state index in [4.69, 9.17) is 9.73 Å². The Hall–Kier alpha value is -2.08. The van der Waals surface area contributed by atoms with Crippen molar-refractivity contribution in [3.05, 3.63) is 35.4 Å². The average Bonchev–Trinajstić information content (AvgIpc) is 3.21. The highest BCUT2D eigenvalue weighted by Crippen LogP contribution is 2.41. The Bertz CT molecular complexity index is 682. The van der Waals surface area contributed by atoms with Crippen LogP contribution in [-0.2, 0) is 11.2 Å². The lowest BCUT2D eigenvalue weighted by Crippen LogP contribution is -2.39. The van der Waals surface area contributed by atoms with Crippen LogP contribution in [0.15, 0.2) is 29.3 Å². The van der Waals surface area contributed by atoms with Gasteiger partial charge in [0.05, 0.1) is 0 Å². The van der Waals surface area contributed by atoms with Crippen molar-refractivity contribution in [3.8, 4) is 0 Å². The highest BCUT2D eigenvalue weighted by atomic mass is 16.5. The molecule has 0 saturated heterocycles. The zero-order chi connectivity index (χ0) is 21.8. The van der Waals surface area contributed by atoms with E-state index in [0.29, 0.717) is 5.41 Å². The van der Waals surface area contributed by atoms with Crippen molar-refractivity contribution in [2.24, 2.45) is 10.4 Å². The van der Waals surface area contributed by atoms with Crippen LogP contribution in [0.3, 0.4) is 0 Å². The average molecular weight is 417 g/mol. The molecule has 2 N–H and O–H groups in total. The minimum absolute atomic E-state index is 0.0358. The van der Waals surface area contributed by atoms with Crippen molar-refractivity contribution in [2.75, 3.05) is 46.9 Å². The fourth-order valence-electron chi connectivity index (χ4n) is 4.08. The van der Waals surface area contributed by atoms with Crippen molar-refractivity contribution < 1.29 is 9.53 Å². The number of benzene rings is 1. The van der Waals surface area contributed by atoms with Crippen molar-refractivity contribution in [2.45, 2.75) is 52.4 Å². The molecule has 0 bridgehead atoms. The molecule has 6 nitrogen and oxygen atoms in total. The highest BCUT2D eigenvalue weighted by Gasteiger charge is 2.33. The third kappa shape index (κ3) is 7.63. The number of hydrogen-bond acceptors (Lipinski definition) is 3. The smallest absolute Gasteiger partial charge is 0.253 e. The van der Waals surface area contributed by atoms with Gasteiger partial charge >= 0.3 is 0 Å². The van der Waals surface area contributed by atoms with E-state index in [1.807, 2.05) is 18.2 Å². The third-order valence-electron chi connectivity index (χ3n) is 5.85. The van der Waals surface area contributed by atoms with Crippen LogP contribution in [0.4, 0.5) is 0 Å². The Morgan fingerprint density at radius 1 is 1.20 bits per heavy atom. The van der Waals surface area contributed by atoms with Gasteiger partial charge in [-0.25, -0.2) is 0 Å². The van der Waals surface area contributed by atoms with Gasteiger partial charge in [0.1, 0.15) is 0 Å². The lowest BCUT2D eigenvalue weighted by molar-refractivity contribution is 0.0827. The molecule has 0 spiro atoms. The molecule has 0 radical (unpaired) electrons. The monoisotopic (exact) mass is 416 g/mol. The summed E-state index contributed by atoms with van der Waals surface area (Å²) in [6.45, 7) is 8.22. The predicted octanol–water partition coefficient (Wildman–Crippen LogP) is 3.47. The number of guanidine groups is 1. The summed E-state index contributed by atoms with van der Waals surface area (Å²) < 4.78 is 5.62. The second-order valence-corrected chi connectivity index (χ2v) is 8.43. The molecule has 30 heavy (non-hydrogen) atoms. The minimum atomic E-state index is 0.0358. The molecule has 2 rings (SSSR count). The summed E-state index contributed by atoms with van der Waals surface area (Å²) in [5.41, 5.74) is 2.17. The van der Waals surface area contributed by atoms with E-state index in [0.717, 1.165) is 62.8 Å². The van der Waals surface area contributed by atoms with Gasteiger partial charge in [-0.3, -0.25) is 9.79 Å². The standard InChI is InChI=1S/C24H40N4O2/c1-5-25-23(27-19-24(13-7-8-14-24)15-17-30-6-2)26-16-12-20-10-9-11-21(18-20)22(29)28(3)4/h9-11,18H,5-8,12-17,19H2,1-4H3,(H2,25,26,27). The minimum Gasteiger partial charge on any atom is -0.382 e. The van der Waals surface area contributed by atoms with Crippen molar-refractivity contribution >= 4 is 11.9 Å². The first-order valence-corrected chi connectivity index (χ1v) is 11.4. The molecule has 0 aromatic heterocycles. The van der Waals surface area contributed by atoms with E-state index in [9.17, 15) is 4.79 Å². The van der Waals surface area contributed by atoms with E-state index >= 15 is 0 Å². The molecule has 1 saturated carbocycles. The molecule has 168 valence electrons. The maximum Gasteiger partial charge on any atom is 0.253 e. The lowest BCUT2D eigenvalue weighted by atomic mass is 9.83. The van der Waals surface area contributed by atoms with E-state index in [1.165, 1.54) is 25.7 Å². The van der Waals surface area contributed by atoms with Crippen molar-refractivity contribution in [1.82, 2.24) is 15.5 Å². The van der Waals surface area contributed by atoms with Gasteiger partial charge < -0.3 is 20.3 Å². The predicted molar refractivity (Wildman–Crippen MR) is 124 cm³/mol. The second-order valence-electron chi connectivity index (χ2n) is 8.43. The normalized spacial score (nSPS) is 15.8. The topological polar surface area (TPSA) is 66.0 Å². The van der Waals surface area contributed by atoms with Gasteiger partial charge in [0.25, 0.3) is 5.91 Å². The molecule has 1 aliphatic carbocycles. The maximum absolute atomic E-state index is 12.2. The number of carbonyl (C=O) groups excluding carboxylic acids is 1. The largest absolute Gasteiger partial charge is 0.382 e. The van der Waals surface area contributed by atoms with E-state index < -0.39 is 0 Å². The van der Waals surface area contributed by atoms with Gasteiger partial charge in [0.2, 0.25) is 0 Å². The number of carbonyl (C=O) groups is 1. The molecule has 0 heterocycles. The Kier molecular flexibility index (Phi) is 10.1. The van der Waals surface area contributed by atoms with Crippen LogP contribution in [0.25, 0.3) is 0 Å². The Balaban J connectivity index is 1.92. The molecular weight excluding hydrogens is 376 g/mol. The summed E-state index contributed by atoms with van der Waals surface area (Å²) in [7, 11) is 3.56. The summed E-state index contributed by atoms with van der Waals surface area (Å²) in [6.07, 6.45) is 7.03. The molecular formula is C24H40N4O2. The fraction of sp³-hybridized carbons (Fsp3) is 0.667. The van der Waals surface area contributed by atoms with Crippen LogP contribution < -0.4 is 10.6 Å². The van der Waals surface area contributed by atoms with Crippen molar-refractivity contribution in [1.29, 1.82) is 0 Å². The van der Waals surface area contributed by atoms with E-state index in [1.54, 1.807) is 19.0 Å². The number of hydrogen-bond donors (Lipinski definition) is 2. The molecule has 0 atom stereocenters. The number of aliphatic imine (C=N–C) groups is 1. The summed E-state index contributed by atoms with van der Waals surface area (Å²) in [6, 6.07) is 7.87. The SMILES string of the molecule is CCNC(=NCC1(CCOCC)CCCC1)NCCc1cccc(C(=O)N(C)C)c1. The van der Waals surface area contributed by atoms with Gasteiger partial charge in [-0.05, 0) is 62.6 Å². The summed E-state index contributed by atoms with van der Waals surface area (Å²) in [4.78, 5) is 18.7. The van der Waals surface area contributed by atoms with Gasteiger partial charge in [-0.1, -0.05) is 25.0 Å². The van der Waals surface area contributed by atoms with Crippen LogP contribution in [0.2, 0.25) is 0 Å². The van der Waals surface area contributed by atoms with Gasteiger partial charge in [-0.2, -0.15) is 0 Å². The van der Waals surface area contributed by atoms with E-state index in [2.05, 4.69) is 30.5 Å². The Morgan fingerprint density at radius 3 is 2.63 bits per heavy atom. The number of amides is 1. The molecule has 0 aliphatic heterocycles. The Morgan fingerprint density at radius 2 is 1.97 bits per heavy atom. The molecule has 1 aromatic carbocycles. The molecule has 0 unspecified atom stereocenters. The summed E-state index contributed by atoms with van der Waals surface area (Å²) >= 11 is 0. The lowest BCUT2D eigenvalue weighted by Gasteiger charge is -2.27. The van der Waals surface area contributed by atoms with Crippen LogP contribution in [0.1, 0.15) is 61.9 Å². The fourth-order valence-corrected chi connectivity index (χ4v) is 4.08. The first-order valence-electron chi connectivity index (χ1n) is 11.4. The zero-order valence-electron chi connectivity index (χ0n) is 19.3. The zero-order valence-corrected chi connectivity index (χ0v) is 19.3. The first-order chi connectivity index (χ1) is 14.5. The molecule has 1 aromatic rings. The third-order valence-corrected chi connectivity index (χ3v) is 5.85. The molecule has 6 heteroatoms. The first kappa shape index (κ1) is 24.2. The number of nitrogens with one attached hydrogen (secondary N) is 2. The quantitative estimate of drug-likeness (QED) is 0.329. The Labute approximate surface area is 182 Å². The second kappa shape index (κ2) is 12.6. The summed E-state index contributed by atoms with van der Waals surface area (Å²) in [5, 5.41) is 6.83. The van der Waals surface area contributed by atoms with Gasteiger partial charge in [0.15, 0.2) is 5.96 Å². The number of nitrogens with zero attached hydrogens (tertiary/aromatic N) is 2. The van der Waals surface area contributed by atoms with E-state index in [-0.39, 0.29) is 5.91 Å². The van der Waals surface area contributed by atoms with Crippen LogP contribution in [0.5, 0.6) is 0 Å². The molecule has 1 aliphatic rings.